The predicted octanol–water partition coefficient (Wildman–Crippen LogP) is 1.56. The molecule has 0 radical (unpaired) electrons. The summed E-state index contributed by atoms with van der Waals surface area (Å²) in [6, 6.07) is 8.07. The molecular weight excluding hydrogens is 240 g/mol. The molecule has 2 unspecified atom stereocenters. The maximum absolute atomic E-state index is 6.30. The van der Waals surface area contributed by atoms with Crippen LogP contribution in [0.5, 0.6) is 5.75 Å². The summed E-state index contributed by atoms with van der Waals surface area (Å²) in [6.07, 6.45) is 2.89. The Kier molecular flexibility index (Phi) is 3.73. The summed E-state index contributed by atoms with van der Waals surface area (Å²) in [5.41, 5.74) is 7.42. The van der Waals surface area contributed by atoms with Crippen LogP contribution in [0, 0.1) is 0 Å². The summed E-state index contributed by atoms with van der Waals surface area (Å²) in [5, 5.41) is 0. The van der Waals surface area contributed by atoms with E-state index in [0.717, 1.165) is 31.0 Å². The van der Waals surface area contributed by atoms with E-state index in [4.69, 9.17) is 15.2 Å². The van der Waals surface area contributed by atoms with Gasteiger partial charge in [-0.05, 0) is 37.6 Å². The van der Waals surface area contributed by atoms with Crippen molar-refractivity contribution in [3.05, 3.63) is 29.8 Å². The van der Waals surface area contributed by atoms with Crippen LogP contribution in [0.3, 0.4) is 0 Å². The lowest BCUT2D eigenvalue weighted by Gasteiger charge is -2.33. The molecule has 0 aromatic heterocycles. The van der Waals surface area contributed by atoms with Crippen LogP contribution in [0.4, 0.5) is 0 Å². The Bertz CT molecular complexity index is 417. The van der Waals surface area contributed by atoms with Gasteiger partial charge in [-0.3, -0.25) is 0 Å². The maximum Gasteiger partial charge on any atom is 0.119 e. The van der Waals surface area contributed by atoms with Crippen molar-refractivity contribution in [1.29, 1.82) is 0 Å². The molecule has 19 heavy (non-hydrogen) atoms. The van der Waals surface area contributed by atoms with E-state index in [1.54, 1.807) is 0 Å². The molecule has 2 fully saturated rings. The number of likely N-dealkylation sites (N-methyl/N-ethyl adjacent to an activating group) is 1. The first-order valence-electron chi connectivity index (χ1n) is 7.05. The smallest absolute Gasteiger partial charge is 0.119 e. The SMILES string of the molecule is CN1CCOC(C(N)c2ccc(OC3CC3)cc2)C1. The highest BCUT2D eigenvalue weighted by molar-refractivity contribution is 5.30. The van der Waals surface area contributed by atoms with Gasteiger partial charge in [0, 0.05) is 13.1 Å². The third-order valence-electron chi connectivity index (χ3n) is 3.79. The molecule has 1 heterocycles. The van der Waals surface area contributed by atoms with Gasteiger partial charge in [0.05, 0.1) is 24.9 Å². The first kappa shape index (κ1) is 12.9. The molecule has 104 valence electrons. The van der Waals surface area contributed by atoms with E-state index in [2.05, 4.69) is 24.1 Å². The van der Waals surface area contributed by atoms with Gasteiger partial charge in [-0.25, -0.2) is 0 Å². The maximum atomic E-state index is 6.30. The van der Waals surface area contributed by atoms with Crippen molar-refractivity contribution in [2.24, 2.45) is 5.73 Å². The van der Waals surface area contributed by atoms with Crippen molar-refractivity contribution in [3.63, 3.8) is 0 Å². The molecule has 3 rings (SSSR count). The van der Waals surface area contributed by atoms with Gasteiger partial charge in [-0.1, -0.05) is 12.1 Å². The minimum Gasteiger partial charge on any atom is -0.490 e. The molecule has 0 amide bonds. The van der Waals surface area contributed by atoms with Crippen LogP contribution in [0.1, 0.15) is 24.4 Å². The van der Waals surface area contributed by atoms with E-state index >= 15 is 0 Å². The fourth-order valence-corrected chi connectivity index (χ4v) is 2.39. The summed E-state index contributed by atoms with van der Waals surface area (Å²) in [4.78, 5) is 2.26. The third-order valence-corrected chi connectivity index (χ3v) is 3.79. The number of hydrogen-bond acceptors (Lipinski definition) is 4. The summed E-state index contributed by atoms with van der Waals surface area (Å²) in [6.45, 7) is 2.64. The number of benzene rings is 1. The van der Waals surface area contributed by atoms with E-state index < -0.39 is 0 Å². The van der Waals surface area contributed by atoms with E-state index in [9.17, 15) is 0 Å². The second-order valence-corrected chi connectivity index (χ2v) is 5.58. The van der Waals surface area contributed by atoms with Crippen molar-refractivity contribution in [3.8, 4) is 5.75 Å². The van der Waals surface area contributed by atoms with Gasteiger partial charge < -0.3 is 20.1 Å². The van der Waals surface area contributed by atoms with Crippen molar-refractivity contribution in [2.75, 3.05) is 26.7 Å². The van der Waals surface area contributed by atoms with Gasteiger partial charge in [-0.2, -0.15) is 0 Å². The Morgan fingerprint density at radius 1 is 1.32 bits per heavy atom. The molecule has 1 aliphatic heterocycles. The zero-order chi connectivity index (χ0) is 13.2. The molecule has 2 atom stereocenters. The second kappa shape index (κ2) is 5.49. The molecule has 2 N–H and O–H groups in total. The minimum absolute atomic E-state index is 0.0716. The summed E-state index contributed by atoms with van der Waals surface area (Å²) < 4.78 is 11.5. The standard InChI is InChI=1S/C15H22N2O2/c1-17-8-9-18-14(10-17)15(16)11-2-4-12(5-3-11)19-13-6-7-13/h2-5,13-15H,6-10,16H2,1H3. The topological polar surface area (TPSA) is 47.7 Å². The van der Waals surface area contributed by atoms with Crippen LogP contribution < -0.4 is 10.5 Å². The molecule has 4 nitrogen and oxygen atoms in total. The van der Waals surface area contributed by atoms with Crippen molar-refractivity contribution in [1.82, 2.24) is 4.90 Å². The fourth-order valence-electron chi connectivity index (χ4n) is 2.39. The zero-order valence-electron chi connectivity index (χ0n) is 11.4. The van der Waals surface area contributed by atoms with Crippen molar-refractivity contribution < 1.29 is 9.47 Å². The van der Waals surface area contributed by atoms with Crippen LogP contribution in [-0.4, -0.2) is 43.9 Å². The predicted molar refractivity (Wildman–Crippen MR) is 74.3 cm³/mol. The molecule has 1 aromatic carbocycles. The van der Waals surface area contributed by atoms with Crippen molar-refractivity contribution >= 4 is 0 Å². The highest BCUT2D eigenvalue weighted by Crippen LogP contribution is 2.28. The number of nitrogens with two attached hydrogens (primary N) is 1. The van der Waals surface area contributed by atoms with Crippen LogP contribution in [0.25, 0.3) is 0 Å². The van der Waals surface area contributed by atoms with E-state index in [1.807, 2.05) is 12.1 Å². The highest BCUT2D eigenvalue weighted by atomic mass is 16.5. The normalized spacial score (nSPS) is 26.1. The summed E-state index contributed by atoms with van der Waals surface area (Å²) >= 11 is 0. The Hall–Kier alpha value is -1.10. The molecule has 1 saturated carbocycles. The first-order valence-corrected chi connectivity index (χ1v) is 7.05. The second-order valence-electron chi connectivity index (χ2n) is 5.58. The Balaban J connectivity index is 1.63. The van der Waals surface area contributed by atoms with Gasteiger partial charge in [0.25, 0.3) is 0 Å². The van der Waals surface area contributed by atoms with Crippen LogP contribution in [-0.2, 0) is 4.74 Å². The monoisotopic (exact) mass is 262 g/mol. The molecule has 1 aliphatic carbocycles. The largest absolute Gasteiger partial charge is 0.490 e. The molecule has 0 spiro atoms. The van der Waals surface area contributed by atoms with Crippen LogP contribution >= 0.6 is 0 Å². The average molecular weight is 262 g/mol. The van der Waals surface area contributed by atoms with Gasteiger partial charge in [-0.15, -0.1) is 0 Å². The molecule has 1 aromatic rings. The highest BCUT2D eigenvalue weighted by Gasteiger charge is 2.26. The minimum atomic E-state index is -0.0716. The fraction of sp³-hybridized carbons (Fsp3) is 0.600. The van der Waals surface area contributed by atoms with Gasteiger partial charge in [0.2, 0.25) is 0 Å². The van der Waals surface area contributed by atoms with Crippen LogP contribution in [0.2, 0.25) is 0 Å². The Morgan fingerprint density at radius 2 is 2.05 bits per heavy atom. The number of hydrogen-bond donors (Lipinski definition) is 1. The molecule has 1 saturated heterocycles. The zero-order valence-corrected chi connectivity index (χ0v) is 11.4. The number of ether oxygens (including phenoxy) is 2. The molecule has 2 aliphatic rings. The Labute approximate surface area is 114 Å². The third kappa shape index (κ3) is 3.26. The lowest BCUT2D eigenvalue weighted by molar-refractivity contribution is -0.0326. The first-order chi connectivity index (χ1) is 9.22. The summed E-state index contributed by atoms with van der Waals surface area (Å²) in [7, 11) is 2.11. The van der Waals surface area contributed by atoms with Crippen LogP contribution in [0.15, 0.2) is 24.3 Å². The number of rotatable bonds is 4. The summed E-state index contributed by atoms with van der Waals surface area (Å²) in [5.74, 6) is 0.945. The number of nitrogens with zero attached hydrogens (tertiary/aromatic N) is 1. The molecule has 4 heteroatoms. The number of morpholine rings is 1. The van der Waals surface area contributed by atoms with E-state index in [1.165, 1.54) is 12.8 Å². The van der Waals surface area contributed by atoms with E-state index in [-0.39, 0.29) is 12.1 Å². The van der Waals surface area contributed by atoms with Gasteiger partial charge in [0.15, 0.2) is 0 Å². The lowest BCUT2D eigenvalue weighted by atomic mass is 10.0. The Morgan fingerprint density at radius 3 is 2.68 bits per heavy atom. The molecule has 0 bridgehead atoms. The van der Waals surface area contributed by atoms with E-state index in [0.29, 0.717) is 6.10 Å². The lowest BCUT2D eigenvalue weighted by Crippen LogP contribution is -2.45. The van der Waals surface area contributed by atoms with Gasteiger partial charge >= 0.3 is 0 Å². The average Bonchev–Trinajstić information content (AvgIpc) is 3.23. The van der Waals surface area contributed by atoms with Crippen molar-refractivity contribution in [2.45, 2.75) is 31.1 Å². The van der Waals surface area contributed by atoms with Gasteiger partial charge in [0.1, 0.15) is 5.75 Å². The quantitative estimate of drug-likeness (QED) is 0.894. The molecular formula is C15H22N2O2.